The van der Waals surface area contributed by atoms with E-state index in [4.69, 9.17) is 23.7 Å². The van der Waals surface area contributed by atoms with Gasteiger partial charge in [-0.2, -0.15) is 0 Å². The average Bonchev–Trinajstić information content (AvgIpc) is 3.29. The van der Waals surface area contributed by atoms with Crippen molar-refractivity contribution < 1.29 is 63.0 Å². The standard InChI is InChI=1S/C52H81NO13/c1-31-16-12-11-13-17-32(2)44(62-8)28-39-21-19-37(7)52(61,66-39)49(58)50(59)53-23-15-14-18-41(53)51(60)65-45(35(5)26-38-20-22-42(55)46(27-38)63-9)29-43(56)34(4)25-33(3)40(30-54)48(64-10)47(57)36(6)24-31/h11-13,16-17,25,31,34-42,44-46,48,54-55,61H,14-15,18-24,26-30H2,1-10H3/b13-11?,16-12+,32-17?,33-25+/t31-,34-,35-,36?,37-,38+,39+,40-,41+,42-,44+,45+,46-,48-,52-/m1/s1. The lowest BCUT2D eigenvalue weighted by molar-refractivity contribution is -0.265. The molecule has 0 aromatic rings. The second kappa shape index (κ2) is 25.8. The van der Waals surface area contributed by atoms with E-state index in [1.807, 2.05) is 58.1 Å². The van der Waals surface area contributed by atoms with E-state index >= 15 is 0 Å². The number of nitrogens with zero attached hydrogens (tertiary/aromatic N) is 1. The molecule has 0 radical (unpaired) electrons. The highest BCUT2D eigenvalue weighted by molar-refractivity contribution is 6.39. The molecule has 4 aliphatic rings. The van der Waals surface area contributed by atoms with Crippen LogP contribution in [-0.2, 0) is 47.7 Å². The Morgan fingerprint density at radius 1 is 0.864 bits per heavy atom. The molecular formula is C52H81NO13. The number of ketones is 3. The summed E-state index contributed by atoms with van der Waals surface area (Å²) < 4.78 is 29.6. The third-order valence-electron chi connectivity index (χ3n) is 14.9. The quantitative estimate of drug-likeness (QED) is 0.144. The van der Waals surface area contributed by atoms with Gasteiger partial charge < -0.3 is 43.9 Å². The number of allylic oxidation sites excluding steroid dienone is 6. The molecule has 1 saturated carbocycles. The van der Waals surface area contributed by atoms with Gasteiger partial charge >= 0.3 is 5.97 Å². The largest absolute Gasteiger partial charge is 0.460 e. The molecule has 2 saturated heterocycles. The second-order valence-electron chi connectivity index (χ2n) is 19.9. The number of rotatable bonds is 7. The lowest BCUT2D eigenvalue weighted by Crippen LogP contribution is -2.61. The molecule has 3 heterocycles. The Morgan fingerprint density at radius 2 is 1.59 bits per heavy atom. The number of methoxy groups -OCH3 is 3. The van der Waals surface area contributed by atoms with Crippen molar-refractivity contribution in [2.45, 2.75) is 174 Å². The van der Waals surface area contributed by atoms with Crippen molar-refractivity contribution in [2.24, 2.45) is 41.4 Å². The Morgan fingerprint density at radius 3 is 2.26 bits per heavy atom. The number of Topliss-reactive ketones (excluding diaryl/α,β-unsaturated/α-hetero) is 3. The van der Waals surface area contributed by atoms with Gasteiger partial charge in [0.1, 0.15) is 24.0 Å². The lowest BCUT2D eigenvalue weighted by Gasteiger charge is -2.42. The maximum absolute atomic E-state index is 14.4. The van der Waals surface area contributed by atoms with Gasteiger partial charge in [-0.25, -0.2) is 4.79 Å². The van der Waals surface area contributed by atoms with E-state index < -0.39 is 83.7 Å². The fraction of sp³-hybridized carbons (Fsp3) is 0.750. The first-order valence-electron chi connectivity index (χ1n) is 24.4. The summed E-state index contributed by atoms with van der Waals surface area (Å²) in [5, 5.41) is 33.1. The molecule has 4 rings (SSSR count). The molecule has 14 nitrogen and oxygen atoms in total. The van der Waals surface area contributed by atoms with Gasteiger partial charge in [-0.15, -0.1) is 0 Å². The number of ether oxygens (including phenoxy) is 5. The lowest BCUT2D eigenvalue weighted by atomic mass is 9.78. The van der Waals surface area contributed by atoms with Gasteiger partial charge in [0.2, 0.25) is 5.79 Å². The molecule has 1 aliphatic carbocycles. The zero-order valence-corrected chi connectivity index (χ0v) is 41.3. The van der Waals surface area contributed by atoms with E-state index in [0.29, 0.717) is 63.4 Å². The minimum atomic E-state index is -2.43. The van der Waals surface area contributed by atoms with Gasteiger partial charge in [0.15, 0.2) is 5.78 Å². The maximum atomic E-state index is 14.4. The third-order valence-corrected chi connectivity index (χ3v) is 14.9. The number of esters is 1. The highest BCUT2D eigenvalue weighted by Gasteiger charge is 2.53. The van der Waals surface area contributed by atoms with Gasteiger partial charge in [0, 0.05) is 64.4 Å². The zero-order valence-electron chi connectivity index (χ0n) is 41.3. The van der Waals surface area contributed by atoms with Crippen molar-refractivity contribution in [3.63, 3.8) is 0 Å². The fourth-order valence-corrected chi connectivity index (χ4v) is 10.5. The summed E-state index contributed by atoms with van der Waals surface area (Å²) in [6, 6.07) is -1.13. The topological polar surface area (TPSA) is 195 Å². The van der Waals surface area contributed by atoms with Crippen LogP contribution in [-0.4, -0.2) is 132 Å². The Balaban J connectivity index is 1.72. The normalized spacial score (nSPS) is 38.7. The summed E-state index contributed by atoms with van der Waals surface area (Å²) in [6.45, 7) is 12.6. The van der Waals surface area contributed by atoms with E-state index in [2.05, 4.69) is 0 Å². The molecule has 3 fully saturated rings. The minimum absolute atomic E-state index is 0.0382. The highest BCUT2D eigenvalue weighted by Crippen LogP contribution is 2.38. The van der Waals surface area contributed by atoms with Gasteiger partial charge in [0.05, 0.1) is 31.0 Å². The third kappa shape index (κ3) is 14.3. The first kappa shape index (κ1) is 55.2. The second-order valence-corrected chi connectivity index (χ2v) is 19.9. The Labute approximate surface area is 393 Å². The van der Waals surface area contributed by atoms with Crippen LogP contribution in [0, 0.1) is 41.4 Å². The molecule has 3 N–H and O–H groups in total. The summed E-state index contributed by atoms with van der Waals surface area (Å²) in [5.74, 6) is -8.37. The van der Waals surface area contributed by atoms with E-state index in [1.54, 1.807) is 41.1 Å². The van der Waals surface area contributed by atoms with Gasteiger partial charge in [-0.05, 0) is 101 Å². The number of carbonyl (C=O) groups excluding carboxylic acids is 5. The molecule has 14 heteroatoms. The molecule has 15 atom stereocenters. The number of hydrogen-bond acceptors (Lipinski definition) is 13. The van der Waals surface area contributed by atoms with Crippen LogP contribution in [0.25, 0.3) is 0 Å². The van der Waals surface area contributed by atoms with Crippen LogP contribution in [0.2, 0.25) is 0 Å². The van der Waals surface area contributed by atoms with Crippen LogP contribution in [0.4, 0.5) is 0 Å². The molecule has 1 amide bonds. The van der Waals surface area contributed by atoms with Crippen molar-refractivity contribution in [1.29, 1.82) is 0 Å². The molecule has 66 heavy (non-hydrogen) atoms. The van der Waals surface area contributed by atoms with Crippen LogP contribution in [0.3, 0.4) is 0 Å². The van der Waals surface area contributed by atoms with E-state index in [1.165, 1.54) is 12.0 Å². The van der Waals surface area contributed by atoms with Crippen molar-refractivity contribution in [3.05, 3.63) is 47.6 Å². The number of fused-ring (bicyclic) bond motifs is 3. The van der Waals surface area contributed by atoms with Crippen molar-refractivity contribution in [3.8, 4) is 0 Å². The Hall–Kier alpha value is -3.37. The molecule has 0 aromatic carbocycles. The number of aliphatic hydroxyl groups is 3. The summed E-state index contributed by atoms with van der Waals surface area (Å²) in [7, 11) is 4.60. The van der Waals surface area contributed by atoms with Crippen molar-refractivity contribution >= 4 is 29.2 Å². The summed E-state index contributed by atoms with van der Waals surface area (Å²) in [5.41, 5.74) is 1.50. The van der Waals surface area contributed by atoms with Gasteiger partial charge in [-0.1, -0.05) is 76.6 Å². The number of piperidine rings is 1. The monoisotopic (exact) mass is 928 g/mol. The number of hydrogen-bond donors (Lipinski definition) is 3. The van der Waals surface area contributed by atoms with E-state index in [9.17, 15) is 39.3 Å². The molecule has 2 bridgehead atoms. The SMILES string of the molecule is CO[C@H]1C[C@@H]2CC[C@@H](C)[C@@](O)(O2)C(=O)C(=O)N2CCCC[C@H]2C(=O)O[C@H]([C@H](C)C[C@@H]2CC[C@@H](O)[C@H](OC)C2)CC(=O)[C@H](C)/C=C(\C)[C@@H](CO)[C@@H](OC)C(=O)C(C)C[C@H](C)/C=C/C=CC=C1C. The van der Waals surface area contributed by atoms with Crippen molar-refractivity contribution in [1.82, 2.24) is 4.90 Å². The first-order valence-corrected chi connectivity index (χ1v) is 24.4. The molecular weight excluding hydrogens is 847 g/mol. The Bertz CT molecular complexity index is 1770. The van der Waals surface area contributed by atoms with Gasteiger partial charge in [0.25, 0.3) is 11.7 Å². The maximum Gasteiger partial charge on any atom is 0.329 e. The molecule has 1 unspecified atom stereocenters. The fourth-order valence-electron chi connectivity index (χ4n) is 10.5. The molecule has 0 aromatic heterocycles. The first-order chi connectivity index (χ1) is 31.3. The molecule has 372 valence electrons. The van der Waals surface area contributed by atoms with Crippen LogP contribution < -0.4 is 0 Å². The Kier molecular flexibility index (Phi) is 21.6. The number of cyclic esters (lactones) is 1. The summed E-state index contributed by atoms with van der Waals surface area (Å²) >= 11 is 0. The average molecular weight is 928 g/mol. The molecule has 3 aliphatic heterocycles. The smallest absolute Gasteiger partial charge is 0.329 e. The van der Waals surface area contributed by atoms with Crippen LogP contribution >= 0.6 is 0 Å². The van der Waals surface area contributed by atoms with E-state index in [-0.39, 0.29) is 61.4 Å². The highest BCUT2D eigenvalue weighted by atomic mass is 16.6. The van der Waals surface area contributed by atoms with E-state index in [0.717, 1.165) is 12.0 Å². The number of amides is 1. The minimum Gasteiger partial charge on any atom is -0.460 e. The predicted molar refractivity (Wildman–Crippen MR) is 250 cm³/mol. The summed E-state index contributed by atoms with van der Waals surface area (Å²) in [6.07, 6.45) is 13.0. The van der Waals surface area contributed by atoms with Crippen molar-refractivity contribution in [2.75, 3.05) is 34.5 Å². The predicted octanol–water partition coefficient (Wildman–Crippen LogP) is 6.43. The summed E-state index contributed by atoms with van der Waals surface area (Å²) in [4.78, 5) is 72.2. The van der Waals surface area contributed by atoms with Gasteiger partial charge in [-0.3, -0.25) is 19.2 Å². The van der Waals surface area contributed by atoms with Crippen LogP contribution in [0.15, 0.2) is 47.6 Å². The number of aliphatic hydroxyl groups excluding tert-OH is 2. The van der Waals surface area contributed by atoms with Crippen LogP contribution in [0.1, 0.15) is 126 Å². The molecule has 0 spiro atoms. The van der Waals surface area contributed by atoms with Crippen LogP contribution in [0.5, 0.6) is 0 Å². The zero-order chi connectivity index (χ0) is 48.9. The number of carbonyl (C=O) groups is 5.